The monoisotopic (exact) mass is 369 g/mol. The lowest BCUT2D eigenvalue weighted by molar-refractivity contribution is -0.138. The van der Waals surface area contributed by atoms with Gasteiger partial charge in [-0.2, -0.15) is 0 Å². The van der Waals surface area contributed by atoms with Crippen LogP contribution in [0.2, 0.25) is 0 Å². The molecule has 1 amide bonds. The Bertz CT molecular complexity index is 784. The fourth-order valence-corrected chi connectivity index (χ4v) is 5.86. The maximum absolute atomic E-state index is 13.6. The maximum atomic E-state index is 13.6. The quantitative estimate of drug-likeness (QED) is 0.738. The van der Waals surface area contributed by atoms with E-state index in [0.29, 0.717) is 11.8 Å². The van der Waals surface area contributed by atoms with Crippen LogP contribution in [0.25, 0.3) is 0 Å². The molecular formula is C23H31NO3. The molecule has 1 heterocycles. The van der Waals surface area contributed by atoms with Gasteiger partial charge in [0.2, 0.25) is 5.91 Å². The van der Waals surface area contributed by atoms with Gasteiger partial charge in [-0.05, 0) is 43.1 Å². The Hall–Kier alpha value is -1.97. The summed E-state index contributed by atoms with van der Waals surface area (Å²) in [5.41, 5.74) is 2.07. The first-order valence-electron chi connectivity index (χ1n) is 10.0. The Morgan fingerprint density at radius 1 is 1.22 bits per heavy atom. The molecule has 27 heavy (non-hydrogen) atoms. The van der Waals surface area contributed by atoms with Gasteiger partial charge in [-0.3, -0.25) is 4.79 Å². The number of para-hydroxylation sites is 1. The van der Waals surface area contributed by atoms with Crippen LogP contribution in [0.15, 0.2) is 30.4 Å². The van der Waals surface area contributed by atoms with E-state index in [1.807, 2.05) is 12.1 Å². The number of amides is 1. The Kier molecular flexibility index (Phi) is 4.28. The maximum Gasteiger partial charge on any atom is 0.232 e. The summed E-state index contributed by atoms with van der Waals surface area (Å²) in [7, 11) is 3.34. The normalized spacial score (nSPS) is 31.4. The molecular weight excluding hydrogens is 338 g/mol. The number of fused-ring (bicyclic) bond motifs is 2. The van der Waals surface area contributed by atoms with Crippen molar-refractivity contribution in [3.05, 3.63) is 35.9 Å². The van der Waals surface area contributed by atoms with Crippen molar-refractivity contribution in [2.75, 3.05) is 27.3 Å². The number of carbonyl (C=O) groups excluding carboxylic acids is 1. The van der Waals surface area contributed by atoms with Gasteiger partial charge in [0.15, 0.2) is 11.5 Å². The van der Waals surface area contributed by atoms with E-state index < -0.39 is 0 Å². The van der Waals surface area contributed by atoms with Crippen LogP contribution in [0.5, 0.6) is 11.5 Å². The van der Waals surface area contributed by atoms with Crippen LogP contribution in [0.3, 0.4) is 0 Å². The summed E-state index contributed by atoms with van der Waals surface area (Å²) in [6, 6.07) is 6.02. The standard InChI is InChI=1S/C23H31NO3/c1-15-22(2,3)17-9-11-23(15,13-17)21(25)24-12-10-16(14-24)18-7-6-8-19(26-4)20(18)27-5/h6-8,16-17H,1,9-14H2,2-5H3/t16?,17-,23?/m0/s1. The highest BCUT2D eigenvalue weighted by molar-refractivity contribution is 5.88. The lowest BCUT2D eigenvalue weighted by Crippen LogP contribution is -2.43. The molecule has 1 aromatic rings. The minimum absolute atomic E-state index is 0.0864. The van der Waals surface area contributed by atoms with Gasteiger partial charge in [-0.25, -0.2) is 0 Å². The van der Waals surface area contributed by atoms with Crippen molar-refractivity contribution >= 4 is 5.91 Å². The third-order valence-corrected chi connectivity index (χ3v) is 7.65. The number of nitrogens with zero attached hydrogens (tertiary/aromatic N) is 1. The molecule has 4 nitrogen and oxygen atoms in total. The summed E-state index contributed by atoms with van der Waals surface area (Å²) in [6.45, 7) is 10.5. The van der Waals surface area contributed by atoms with Crippen molar-refractivity contribution in [1.82, 2.24) is 4.90 Å². The van der Waals surface area contributed by atoms with Crippen molar-refractivity contribution < 1.29 is 14.3 Å². The average Bonchev–Trinajstić information content (AvgIpc) is 3.37. The van der Waals surface area contributed by atoms with Gasteiger partial charge in [0.25, 0.3) is 0 Å². The Morgan fingerprint density at radius 3 is 2.63 bits per heavy atom. The molecule has 3 aliphatic rings. The molecule has 4 rings (SSSR count). The number of hydrogen-bond acceptors (Lipinski definition) is 3. The van der Waals surface area contributed by atoms with Gasteiger partial charge in [0.1, 0.15) is 0 Å². The Balaban J connectivity index is 1.56. The highest BCUT2D eigenvalue weighted by Gasteiger charge is 2.62. The largest absolute Gasteiger partial charge is 0.493 e. The van der Waals surface area contributed by atoms with Gasteiger partial charge in [0.05, 0.1) is 19.6 Å². The van der Waals surface area contributed by atoms with E-state index in [0.717, 1.165) is 55.8 Å². The van der Waals surface area contributed by atoms with E-state index >= 15 is 0 Å². The topological polar surface area (TPSA) is 38.8 Å². The number of benzene rings is 1. The molecule has 1 saturated heterocycles. The molecule has 0 radical (unpaired) electrons. The van der Waals surface area contributed by atoms with E-state index in [4.69, 9.17) is 9.47 Å². The van der Waals surface area contributed by atoms with E-state index in [2.05, 4.69) is 31.4 Å². The molecule has 0 N–H and O–H groups in total. The molecule has 1 aromatic carbocycles. The summed E-state index contributed by atoms with van der Waals surface area (Å²) in [4.78, 5) is 15.7. The van der Waals surface area contributed by atoms with E-state index in [-0.39, 0.29) is 16.7 Å². The first kappa shape index (κ1) is 18.4. The van der Waals surface area contributed by atoms with Crippen LogP contribution in [-0.4, -0.2) is 38.1 Å². The van der Waals surface area contributed by atoms with Crippen LogP contribution >= 0.6 is 0 Å². The van der Waals surface area contributed by atoms with Crippen LogP contribution in [0.1, 0.15) is 51.0 Å². The highest BCUT2D eigenvalue weighted by atomic mass is 16.5. The van der Waals surface area contributed by atoms with Crippen molar-refractivity contribution in [2.45, 2.75) is 45.4 Å². The zero-order chi connectivity index (χ0) is 19.4. The first-order valence-corrected chi connectivity index (χ1v) is 10.0. The van der Waals surface area contributed by atoms with Gasteiger partial charge in [-0.1, -0.05) is 38.1 Å². The predicted molar refractivity (Wildman–Crippen MR) is 106 cm³/mol. The summed E-state index contributed by atoms with van der Waals surface area (Å²) >= 11 is 0. The van der Waals surface area contributed by atoms with Crippen molar-refractivity contribution in [3.8, 4) is 11.5 Å². The minimum atomic E-state index is -0.318. The average molecular weight is 370 g/mol. The third kappa shape index (κ3) is 2.52. The fraction of sp³-hybridized carbons (Fsp3) is 0.609. The number of carbonyl (C=O) groups is 1. The smallest absolute Gasteiger partial charge is 0.232 e. The number of likely N-dealkylation sites (tertiary alicyclic amines) is 1. The van der Waals surface area contributed by atoms with Gasteiger partial charge in [-0.15, -0.1) is 0 Å². The van der Waals surface area contributed by atoms with Gasteiger partial charge >= 0.3 is 0 Å². The second kappa shape index (κ2) is 6.29. The molecule has 2 saturated carbocycles. The molecule has 1 aliphatic heterocycles. The van der Waals surface area contributed by atoms with E-state index in [1.54, 1.807) is 14.2 Å². The molecule has 0 aromatic heterocycles. The SMILES string of the molecule is C=C1C2(C(=O)N3CCC(c4cccc(OC)c4OC)C3)CC[C@@H](C2)C1(C)C. The van der Waals surface area contributed by atoms with E-state index in [1.165, 1.54) is 5.57 Å². The highest BCUT2D eigenvalue weighted by Crippen LogP contribution is 2.66. The lowest BCUT2D eigenvalue weighted by atomic mass is 9.68. The second-order valence-electron chi connectivity index (χ2n) is 9.04. The molecule has 146 valence electrons. The fourth-order valence-electron chi connectivity index (χ4n) is 5.86. The molecule has 3 atom stereocenters. The van der Waals surface area contributed by atoms with Crippen molar-refractivity contribution in [1.29, 1.82) is 0 Å². The van der Waals surface area contributed by atoms with Crippen LogP contribution in [0.4, 0.5) is 0 Å². The van der Waals surface area contributed by atoms with Gasteiger partial charge in [0, 0.05) is 24.6 Å². The molecule has 0 spiro atoms. The summed E-state index contributed by atoms with van der Waals surface area (Å²) < 4.78 is 11.1. The van der Waals surface area contributed by atoms with Crippen LogP contribution < -0.4 is 9.47 Å². The Labute approximate surface area is 162 Å². The molecule has 4 heteroatoms. The zero-order valence-electron chi connectivity index (χ0n) is 17.0. The number of methoxy groups -OCH3 is 2. The second-order valence-corrected chi connectivity index (χ2v) is 9.04. The van der Waals surface area contributed by atoms with E-state index in [9.17, 15) is 4.79 Å². The first-order chi connectivity index (χ1) is 12.8. The molecule has 3 fully saturated rings. The number of hydrogen-bond donors (Lipinski definition) is 0. The van der Waals surface area contributed by atoms with Crippen molar-refractivity contribution in [2.24, 2.45) is 16.7 Å². The van der Waals surface area contributed by atoms with Crippen molar-refractivity contribution in [3.63, 3.8) is 0 Å². The van der Waals surface area contributed by atoms with Crippen LogP contribution in [0, 0.1) is 16.7 Å². The zero-order valence-corrected chi connectivity index (χ0v) is 17.0. The van der Waals surface area contributed by atoms with Gasteiger partial charge < -0.3 is 14.4 Å². The third-order valence-electron chi connectivity index (χ3n) is 7.65. The lowest BCUT2D eigenvalue weighted by Gasteiger charge is -2.39. The number of ether oxygens (including phenoxy) is 2. The molecule has 2 bridgehead atoms. The summed E-state index contributed by atoms with van der Waals surface area (Å²) in [5.74, 6) is 2.75. The molecule has 2 unspecified atom stereocenters. The number of rotatable bonds is 4. The Morgan fingerprint density at radius 2 is 2.00 bits per heavy atom. The summed E-state index contributed by atoms with van der Waals surface area (Å²) in [5, 5.41) is 0. The molecule has 2 aliphatic carbocycles. The van der Waals surface area contributed by atoms with Crippen LogP contribution in [-0.2, 0) is 4.79 Å². The predicted octanol–water partition coefficient (Wildman–Crippen LogP) is 4.40. The minimum Gasteiger partial charge on any atom is -0.493 e. The summed E-state index contributed by atoms with van der Waals surface area (Å²) in [6.07, 6.45) is 4.08.